The fourth-order valence-corrected chi connectivity index (χ4v) is 5.24. The number of hydrogen-bond acceptors (Lipinski definition) is 6. The summed E-state index contributed by atoms with van der Waals surface area (Å²) in [6.07, 6.45) is -1.15. The molecule has 5 heterocycles. The maximum absolute atomic E-state index is 13.9. The molecule has 3 saturated heterocycles. The summed E-state index contributed by atoms with van der Waals surface area (Å²) in [6, 6.07) is -0.00473. The number of alkyl halides is 3. The molecule has 0 aliphatic carbocycles. The highest BCUT2D eigenvalue weighted by Gasteiger charge is 2.47. The number of hydrogen-bond donors (Lipinski definition) is 0. The van der Waals surface area contributed by atoms with Gasteiger partial charge < -0.3 is 19.3 Å². The van der Waals surface area contributed by atoms with Crippen molar-refractivity contribution >= 4 is 11.8 Å². The van der Waals surface area contributed by atoms with E-state index < -0.39 is 12.2 Å². The van der Waals surface area contributed by atoms with Gasteiger partial charge in [-0.1, -0.05) is 0 Å². The highest BCUT2D eigenvalue weighted by Crippen LogP contribution is 2.37. The number of nitrogens with zero attached hydrogens (tertiary/aromatic N) is 4. The lowest BCUT2D eigenvalue weighted by Crippen LogP contribution is -2.53. The van der Waals surface area contributed by atoms with Crippen LogP contribution in [-0.2, 0) is 16.0 Å². The molecular formula is C20H27F3N4O3. The maximum Gasteiger partial charge on any atom is 0.408 e. The van der Waals surface area contributed by atoms with E-state index in [-0.39, 0.29) is 43.2 Å². The monoisotopic (exact) mass is 428 g/mol. The largest absolute Gasteiger partial charge is 0.408 e. The van der Waals surface area contributed by atoms with Crippen molar-refractivity contribution < 1.29 is 22.6 Å². The van der Waals surface area contributed by atoms with E-state index in [1.807, 2.05) is 4.90 Å². The zero-order valence-electron chi connectivity index (χ0n) is 16.8. The second-order valence-corrected chi connectivity index (χ2v) is 8.79. The van der Waals surface area contributed by atoms with Gasteiger partial charge >= 0.3 is 6.18 Å². The first-order valence-electron chi connectivity index (χ1n) is 10.8. The van der Waals surface area contributed by atoms with Gasteiger partial charge in [0.2, 0.25) is 5.95 Å². The van der Waals surface area contributed by atoms with E-state index in [4.69, 9.17) is 9.47 Å². The standard InChI is InChI=1S/C20H27F3N4O3/c21-20(22,23)16-2-6-26-18(28)10-17(27-11-15-9-14(27)12-30-15)24-19(26)25(16)5-1-13-3-7-29-8-4-13/h10,13-16H,1-9,11-12H2/t14-,15-,16-/m0/s1. The van der Waals surface area contributed by atoms with Gasteiger partial charge in [0.1, 0.15) is 11.9 Å². The molecule has 1 aromatic heterocycles. The zero-order chi connectivity index (χ0) is 20.9. The number of ether oxygens (including phenoxy) is 2. The molecular weight excluding hydrogens is 401 g/mol. The Bertz CT molecular complexity index is 840. The quantitative estimate of drug-likeness (QED) is 0.733. The second kappa shape index (κ2) is 7.71. The van der Waals surface area contributed by atoms with Gasteiger partial charge in [0.25, 0.3) is 5.56 Å². The Morgan fingerprint density at radius 3 is 2.67 bits per heavy atom. The first kappa shape index (κ1) is 20.1. The van der Waals surface area contributed by atoms with Gasteiger partial charge in [-0.3, -0.25) is 9.36 Å². The van der Waals surface area contributed by atoms with E-state index in [0.717, 1.165) is 19.3 Å². The normalized spacial score (nSPS) is 29.5. The Morgan fingerprint density at radius 2 is 2.00 bits per heavy atom. The third-order valence-corrected chi connectivity index (χ3v) is 6.93. The summed E-state index contributed by atoms with van der Waals surface area (Å²) in [5.41, 5.74) is -0.282. The number of aromatic nitrogens is 2. The van der Waals surface area contributed by atoms with Gasteiger partial charge in [-0.25, -0.2) is 0 Å². The molecule has 0 N–H and O–H groups in total. The molecule has 10 heteroatoms. The van der Waals surface area contributed by atoms with Crippen LogP contribution in [0.25, 0.3) is 0 Å². The van der Waals surface area contributed by atoms with Crippen molar-refractivity contribution in [3.8, 4) is 0 Å². The van der Waals surface area contributed by atoms with E-state index in [2.05, 4.69) is 4.98 Å². The zero-order valence-corrected chi connectivity index (χ0v) is 16.8. The van der Waals surface area contributed by atoms with E-state index in [0.29, 0.717) is 44.5 Å². The molecule has 0 amide bonds. The summed E-state index contributed by atoms with van der Waals surface area (Å²) in [4.78, 5) is 20.8. The Labute approximate surface area is 172 Å². The second-order valence-electron chi connectivity index (χ2n) is 8.79. The molecule has 2 bridgehead atoms. The first-order valence-corrected chi connectivity index (χ1v) is 10.8. The topological polar surface area (TPSA) is 59.8 Å². The van der Waals surface area contributed by atoms with Crippen LogP contribution in [-0.4, -0.2) is 66.8 Å². The molecule has 7 nitrogen and oxygen atoms in total. The Balaban J connectivity index is 1.46. The molecule has 1 aromatic rings. The molecule has 3 fully saturated rings. The van der Waals surface area contributed by atoms with Crippen molar-refractivity contribution in [3.05, 3.63) is 16.4 Å². The first-order chi connectivity index (χ1) is 14.4. The van der Waals surface area contributed by atoms with Crippen LogP contribution in [0.3, 0.4) is 0 Å². The number of fused-ring (bicyclic) bond motifs is 3. The predicted octanol–water partition coefficient (Wildman–Crippen LogP) is 2.18. The molecule has 5 rings (SSSR count). The highest BCUT2D eigenvalue weighted by atomic mass is 19.4. The van der Waals surface area contributed by atoms with Crippen LogP contribution >= 0.6 is 0 Å². The summed E-state index contributed by atoms with van der Waals surface area (Å²) in [6.45, 7) is 2.79. The average molecular weight is 428 g/mol. The van der Waals surface area contributed by atoms with Gasteiger partial charge in [-0.15, -0.1) is 0 Å². The number of rotatable bonds is 4. The Kier molecular flexibility index (Phi) is 5.17. The fraction of sp³-hybridized carbons (Fsp3) is 0.800. The lowest BCUT2D eigenvalue weighted by molar-refractivity contribution is -0.152. The molecule has 0 unspecified atom stereocenters. The lowest BCUT2D eigenvalue weighted by atomic mass is 9.96. The summed E-state index contributed by atoms with van der Waals surface area (Å²) >= 11 is 0. The summed E-state index contributed by atoms with van der Waals surface area (Å²) in [7, 11) is 0. The van der Waals surface area contributed by atoms with Gasteiger partial charge in [-0.2, -0.15) is 18.2 Å². The third kappa shape index (κ3) is 3.68. The molecule has 0 spiro atoms. The van der Waals surface area contributed by atoms with E-state index in [1.54, 1.807) is 0 Å². The number of halogens is 3. The van der Waals surface area contributed by atoms with Crippen LogP contribution in [0, 0.1) is 5.92 Å². The number of morpholine rings is 1. The van der Waals surface area contributed by atoms with E-state index >= 15 is 0 Å². The molecule has 0 aromatic carbocycles. The molecule has 30 heavy (non-hydrogen) atoms. The van der Waals surface area contributed by atoms with Crippen LogP contribution in [0.5, 0.6) is 0 Å². The van der Waals surface area contributed by atoms with Crippen molar-refractivity contribution in [1.82, 2.24) is 9.55 Å². The van der Waals surface area contributed by atoms with Crippen molar-refractivity contribution in [2.45, 2.75) is 63.0 Å². The van der Waals surface area contributed by atoms with Crippen molar-refractivity contribution in [3.63, 3.8) is 0 Å². The summed E-state index contributed by atoms with van der Waals surface area (Å²) < 4.78 is 54.0. The SMILES string of the molecule is O=c1cc(N2C[C@@H]3C[C@H]2CO3)nc2n1CC[C@@H](C(F)(F)F)N2CCC1CCOCC1. The van der Waals surface area contributed by atoms with Gasteiger partial charge in [-0.05, 0) is 38.0 Å². The Hall–Kier alpha value is -1.81. The van der Waals surface area contributed by atoms with Gasteiger partial charge in [0, 0.05) is 38.9 Å². The third-order valence-electron chi connectivity index (χ3n) is 6.93. The minimum absolute atomic E-state index is 0.0363. The van der Waals surface area contributed by atoms with Crippen LogP contribution in [0.1, 0.15) is 32.1 Å². The van der Waals surface area contributed by atoms with Crippen LogP contribution < -0.4 is 15.4 Å². The average Bonchev–Trinajstić information content (AvgIpc) is 3.35. The smallest absolute Gasteiger partial charge is 0.381 e. The van der Waals surface area contributed by atoms with Crippen molar-refractivity contribution in [2.75, 3.05) is 42.7 Å². The molecule has 0 radical (unpaired) electrons. The van der Waals surface area contributed by atoms with Crippen molar-refractivity contribution in [1.29, 1.82) is 0 Å². The van der Waals surface area contributed by atoms with E-state index in [9.17, 15) is 18.0 Å². The number of anilines is 2. The van der Waals surface area contributed by atoms with Gasteiger partial charge in [0.05, 0.1) is 18.8 Å². The van der Waals surface area contributed by atoms with Crippen LogP contribution in [0.2, 0.25) is 0 Å². The predicted molar refractivity (Wildman–Crippen MR) is 104 cm³/mol. The Morgan fingerprint density at radius 1 is 1.20 bits per heavy atom. The van der Waals surface area contributed by atoms with E-state index in [1.165, 1.54) is 15.5 Å². The molecule has 4 aliphatic heterocycles. The molecule has 3 atom stereocenters. The van der Waals surface area contributed by atoms with Gasteiger partial charge in [0.15, 0.2) is 0 Å². The maximum atomic E-state index is 13.9. The minimum atomic E-state index is -4.37. The van der Waals surface area contributed by atoms with Crippen LogP contribution in [0.4, 0.5) is 24.9 Å². The summed E-state index contributed by atoms with van der Waals surface area (Å²) in [5.74, 6) is 0.965. The molecule has 4 aliphatic rings. The molecule has 0 saturated carbocycles. The highest BCUT2D eigenvalue weighted by molar-refractivity contribution is 5.49. The fourth-order valence-electron chi connectivity index (χ4n) is 5.24. The molecule has 166 valence electrons. The summed E-state index contributed by atoms with van der Waals surface area (Å²) in [5, 5.41) is 0. The van der Waals surface area contributed by atoms with Crippen LogP contribution in [0.15, 0.2) is 10.9 Å². The lowest BCUT2D eigenvalue weighted by Gasteiger charge is -2.40. The minimum Gasteiger partial charge on any atom is -0.381 e. The van der Waals surface area contributed by atoms with Crippen molar-refractivity contribution in [2.24, 2.45) is 5.92 Å².